The second kappa shape index (κ2) is 6.26. The third kappa shape index (κ3) is 3.94. The van der Waals surface area contributed by atoms with Crippen molar-refractivity contribution in [2.45, 2.75) is 19.4 Å². The monoisotopic (exact) mass is 271 g/mol. The van der Waals surface area contributed by atoms with Gasteiger partial charge in [0, 0.05) is 37.2 Å². The number of piperazine rings is 1. The van der Waals surface area contributed by atoms with Gasteiger partial charge < -0.3 is 0 Å². The molecule has 0 spiro atoms. The summed E-state index contributed by atoms with van der Waals surface area (Å²) < 4.78 is 1.03. The van der Waals surface area contributed by atoms with Crippen LogP contribution in [0.3, 0.4) is 0 Å². The van der Waals surface area contributed by atoms with Crippen LogP contribution in [0.2, 0.25) is 0 Å². The SMILES string of the molecule is C=C(Br)CN1CCN(C(C#N)CC)CC1. The van der Waals surface area contributed by atoms with Crippen LogP contribution in [0.15, 0.2) is 11.1 Å². The van der Waals surface area contributed by atoms with Crippen molar-refractivity contribution in [3.8, 4) is 6.07 Å². The Morgan fingerprint density at radius 3 is 2.47 bits per heavy atom. The standard InChI is InChI=1S/C11H18BrN3/c1-3-11(8-13)15-6-4-14(5-7-15)9-10(2)12/h11H,2-7,9H2,1H3. The summed E-state index contributed by atoms with van der Waals surface area (Å²) in [5.41, 5.74) is 0. The van der Waals surface area contributed by atoms with Crippen LogP contribution in [0.5, 0.6) is 0 Å². The molecular formula is C11H18BrN3. The third-order valence-electron chi connectivity index (χ3n) is 2.78. The van der Waals surface area contributed by atoms with Crippen LogP contribution in [0.4, 0.5) is 0 Å². The van der Waals surface area contributed by atoms with Crippen LogP contribution in [0.1, 0.15) is 13.3 Å². The first-order valence-electron chi connectivity index (χ1n) is 5.36. The molecular weight excluding hydrogens is 254 g/mol. The van der Waals surface area contributed by atoms with Crippen LogP contribution in [-0.4, -0.2) is 48.6 Å². The Kier molecular flexibility index (Phi) is 5.30. The summed E-state index contributed by atoms with van der Waals surface area (Å²) in [5.74, 6) is 0. The molecule has 1 fully saturated rings. The number of nitrogens with zero attached hydrogens (tertiary/aromatic N) is 3. The minimum absolute atomic E-state index is 0.0966. The first-order chi connectivity index (χ1) is 7.17. The van der Waals surface area contributed by atoms with Gasteiger partial charge in [0.25, 0.3) is 0 Å². The van der Waals surface area contributed by atoms with E-state index in [0.717, 1.165) is 43.6 Å². The van der Waals surface area contributed by atoms with E-state index in [1.54, 1.807) is 0 Å². The van der Waals surface area contributed by atoms with E-state index in [-0.39, 0.29) is 6.04 Å². The van der Waals surface area contributed by atoms with Gasteiger partial charge in [-0.05, 0) is 6.42 Å². The molecule has 4 heteroatoms. The van der Waals surface area contributed by atoms with Gasteiger partial charge in [0.1, 0.15) is 0 Å². The van der Waals surface area contributed by atoms with E-state index in [1.165, 1.54) is 0 Å². The maximum atomic E-state index is 8.96. The maximum absolute atomic E-state index is 8.96. The van der Waals surface area contributed by atoms with Crippen molar-refractivity contribution in [1.29, 1.82) is 5.26 Å². The zero-order valence-electron chi connectivity index (χ0n) is 9.25. The van der Waals surface area contributed by atoms with E-state index < -0.39 is 0 Å². The zero-order valence-corrected chi connectivity index (χ0v) is 10.8. The Bertz CT molecular complexity index is 251. The molecule has 0 bridgehead atoms. The quantitative estimate of drug-likeness (QED) is 0.782. The van der Waals surface area contributed by atoms with Crippen molar-refractivity contribution in [2.75, 3.05) is 32.7 Å². The summed E-state index contributed by atoms with van der Waals surface area (Å²) in [7, 11) is 0. The van der Waals surface area contributed by atoms with Crippen molar-refractivity contribution in [2.24, 2.45) is 0 Å². The van der Waals surface area contributed by atoms with Crippen LogP contribution < -0.4 is 0 Å². The normalized spacial score (nSPS) is 20.9. The first-order valence-corrected chi connectivity index (χ1v) is 6.16. The molecule has 0 N–H and O–H groups in total. The molecule has 84 valence electrons. The molecule has 0 aromatic rings. The van der Waals surface area contributed by atoms with Gasteiger partial charge in [-0.2, -0.15) is 5.26 Å². The van der Waals surface area contributed by atoms with Crippen molar-refractivity contribution in [1.82, 2.24) is 9.80 Å². The highest BCUT2D eigenvalue weighted by molar-refractivity contribution is 9.11. The fourth-order valence-corrected chi connectivity index (χ4v) is 2.26. The summed E-state index contributed by atoms with van der Waals surface area (Å²) in [6.45, 7) is 10.9. The predicted molar refractivity (Wildman–Crippen MR) is 65.8 cm³/mol. The van der Waals surface area contributed by atoms with Crippen LogP contribution in [0.25, 0.3) is 0 Å². The summed E-state index contributed by atoms with van der Waals surface area (Å²) in [5, 5.41) is 8.96. The van der Waals surface area contributed by atoms with Gasteiger partial charge in [-0.25, -0.2) is 0 Å². The van der Waals surface area contributed by atoms with E-state index in [4.69, 9.17) is 5.26 Å². The molecule has 1 rings (SSSR count). The lowest BCUT2D eigenvalue weighted by molar-refractivity contribution is 0.120. The number of hydrogen-bond acceptors (Lipinski definition) is 3. The Balaban J connectivity index is 2.35. The molecule has 0 aromatic heterocycles. The number of halogens is 1. The number of nitriles is 1. The van der Waals surface area contributed by atoms with Crippen molar-refractivity contribution in [3.63, 3.8) is 0 Å². The van der Waals surface area contributed by atoms with Crippen LogP contribution in [0, 0.1) is 11.3 Å². The molecule has 3 nitrogen and oxygen atoms in total. The molecule has 0 aromatic carbocycles. The van der Waals surface area contributed by atoms with Gasteiger partial charge >= 0.3 is 0 Å². The fourth-order valence-electron chi connectivity index (χ4n) is 1.91. The molecule has 1 saturated heterocycles. The summed E-state index contributed by atoms with van der Waals surface area (Å²) in [6.07, 6.45) is 0.918. The molecule has 1 aliphatic heterocycles. The Hall–Kier alpha value is -0.370. The van der Waals surface area contributed by atoms with E-state index >= 15 is 0 Å². The number of rotatable bonds is 4. The lowest BCUT2D eigenvalue weighted by atomic mass is 10.2. The van der Waals surface area contributed by atoms with Gasteiger partial charge in [-0.1, -0.05) is 29.4 Å². The fraction of sp³-hybridized carbons (Fsp3) is 0.727. The van der Waals surface area contributed by atoms with Gasteiger partial charge in [0.05, 0.1) is 12.1 Å². The summed E-state index contributed by atoms with van der Waals surface area (Å²) >= 11 is 3.38. The highest BCUT2D eigenvalue weighted by Crippen LogP contribution is 2.11. The zero-order chi connectivity index (χ0) is 11.3. The van der Waals surface area contributed by atoms with Crippen molar-refractivity contribution >= 4 is 15.9 Å². The minimum Gasteiger partial charge on any atom is -0.296 e. The van der Waals surface area contributed by atoms with Crippen LogP contribution >= 0.6 is 15.9 Å². The third-order valence-corrected chi connectivity index (χ3v) is 3.03. The molecule has 1 atom stereocenters. The Morgan fingerprint density at radius 2 is 2.07 bits per heavy atom. The first kappa shape index (κ1) is 12.7. The van der Waals surface area contributed by atoms with E-state index in [0.29, 0.717) is 0 Å². The molecule has 1 heterocycles. The van der Waals surface area contributed by atoms with Crippen LogP contribution in [-0.2, 0) is 0 Å². The lowest BCUT2D eigenvalue weighted by Crippen LogP contribution is -2.49. The second-order valence-corrected chi connectivity index (χ2v) is 5.00. The van der Waals surface area contributed by atoms with Gasteiger partial charge in [0.2, 0.25) is 0 Å². The molecule has 1 unspecified atom stereocenters. The Labute approximate surface area is 100 Å². The largest absolute Gasteiger partial charge is 0.296 e. The highest BCUT2D eigenvalue weighted by Gasteiger charge is 2.22. The number of hydrogen-bond donors (Lipinski definition) is 0. The van der Waals surface area contributed by atoms with Gasteiger partial charge in [-0.3, -0.25) is 9.80 Å². The van der Waals surface area contributed by atoms with Gasteiger partial charge in [-0.15, -0.1) is 0 Å². The molecule has 0 radical (unpaired) electrons. The van der Waals surface area contributed by atoms with Crippen molar-refractivity contribution in [3.05, 3.63) is 11.1 Å². The average Bonchev–Trinajstić information content (AvgIpc) is 2.21. The second-order valence-electron chi connectivity index (χ2n) is 3.88. The van der Waals surface area contributed by atoms with E-state index in [2.05, 4.69) is 45.3 Å². The van der Waals surface area contributed by atoms with Crippen molar-refractivity contribution < 1.29 is 0 Å². The molecule has 0 saturated carbocycles. The molecule has 0 amide bonds. The van der Waals surface area contributed by atoms with E-state index in [9.17, 15) is 0 Å². The minimum atomic E-state index is 0.0966. The average molecular weight is 272 g/mol. The maximum Gasteiger partial charge on any atom is 0.0976 e. The highest BCUT2D eigenvalue weighted by atomic mass is 79.9. The smallest absolute Gasteiger partial charge is 0.0976 e. The summed E-state index contributed by atoms with van der Waals surface area (Å²) in [4.78, 5) is 4.63. The topological polar surface area (TPSA) is 30.3 Å². The van der Waals surface area contributed by atoms with Gasteiger partial charge in [0.15, 0.2) is 0 Å². The lowest BCUT2D eigenvalue weighted by Gasteiger charge is -2.36. The molecule has 1 aliphatic rings. The Morgan fingerprint density at radius 1 is 1.47 bits per heavy atom. The van der Waals surface area contributed by atoms with E-state index in [1.807, 2.05) is 0 Å². The summed E-state index contributed by atoms with van der Waals surface area (Å²) in [6, 6.07) is 2.45. The molecule has 0 aliphatic carbocycles. The molecule has 15 heavy (non-hydrogen) atoms. The predicted octanol–water partition coefficient (Wildman–Crippen LogP) is 1.81.